The number of aliphatic hydroxyl groups is 1. The number of oxazole rings is 1. The first-order valence-corrected chi connectivity index (χ1v) is 10.7. The van der Waals surface area contributed by atoms with Gasteiger partial charge in [-0.3, -0.25) is 0 Å². The number of hydrogen-bond donors (Lipinski definition) is 2. The number of anilines is 1. The van der Waals surface area contributed by atoms with Crippen LogP contribution in [0.5, 0.6) is 0 Å². The molecular formula is C24H27N5O2. The average Bonchev–Trinajstić information content (AvgIpc) is 3.34. The first kappa shape index (κ1) is 19.9. The zero-order chi connectivity index (χ0) is 21.4. The molecule has 1 aliphatic heterocycles. The smallest absolute Gasteiger partial charge is 0.191 e. The van der Waals surface area contributed by atoms with Crippen LogP contribution in [0.2, 0.25) is 0 Å². The highest BCUT2D eigenvalue weighted by Gasteiger charge is 2.46. The van der Waals surface area contributed by atoms with Gasteiger partial charge in [0.1, 0.15) is 11.5 Å². The van der Waals surface area contributed by atoms with Gasteiger partial charge in [-0.2, -0.15) is 0 Å². The molecule has 3 aromatic rings. The number of aromatic nitrogens is 3. The number of piperidine rings is 1. The van der Waals surface area contributed by atoms with Crippen molar-refractivity contribution >= 4 is 18.0 Å². The number of hydrogen-bond acceptors (Lipinski definition) is 7. The van der Waals surface area contributed by atoms with E-state index in [4.69, 9.17) is 10.2 Å². The largest absolute Gasteiger partial charge is 0.442 e. The van der Waals surface area contributed by atoms with Gasteiger partial charge in [0.15, 0.2) is 11.7 Å². The molecule has 2 aromatic heterocycles. The number of nitrogens with two attached hydrogens (primary N) is 1. The number of fused-ring (bicyclic) bond motifs is 1. The lowest BCUT2D eigenvalue weighted by molar-refractivity contribution is 0.186. The van der Waals surface area contributed by atoms with Crippen molar-refractivity contribution in [2.24, 2.45) is 11.1 Å². The maximum atomic E-state index is 9.93. The minimum Gasteiger partial charge on any atom is -0.442 e. The molecule has 3 heterocycles. The van der Waals surface area contributed by atoms with E-state index in [2.05, 4.69) is 44.1 Å². The molecule has 1 atom stereocenters. The summed E-state index contributed by atoms with van der Waals surface area (Å²) >= 11 is 0. The molecule has 0 amide bonds. The lowest BCUT2D eigenvalue weighted by atomic mass is 9.73. The van der Waals surface area contributed by atoms with Crippen LogP contribution in [0.3, 0.4) is 0 Å². The molecule has 1 saturated heterocycles. The molecule has 3 N–H and O–H groups in total. The van der Waals surface area contributed by atoms with Crippen molar-refractivity contribution in [1.82, 2.24) is 15.0 Å². The summed E-state index contributed by atoms with van der Waals surface area (Å²) < 4.78 is 5.44. The van der Waals surface area contributed by atoms with Gasteiger partial charge in [-0.15, -0.1) is 0 Å². The van der Waals surface area contributed by atoms with Crippen LogP contribution in [0.4, 0.5) is 5.82 Å². The van der Waals surface area contributed by atoms with E-state index in [0.29, 0.717) is 23.0 Å². The van der Waals surface area contributed by atoms with Crippen molar-refractivity contribution in [2.45, 2.75) is 38.8 Å². The summed E-state index contributed by atoms with van der Waals surface area (Å²) in [6.07, 6.45) is 10.1. The summed E-state index contributed by atoms with van der Waals surface area (Å²) in [4.78, 5) is 15.5. The third-order valence-corrected chi connectivity index (χ3v) is 6.70. The monoisotopic (exact) mass is 417 g/mol. The standard InChI is InChI=1S/C24H27N5O2/c1-16-26-14-19(31-16)7-6-18-13-27-23(21(15-30)28-18)29-10-8-24(9-11-29)12-17-4-2-3-5-20(17)22(24)25/h2-7,13-14,22,30H,8-12,15,25H2,1H3/b7-6-/t22-/m1/s1. The highest BCUT2D eigenvalue weighted by atomic mass is 16.3. The van der Waals surface area contributed by atoms with Crippen LogP contribution in [0.15, 0.2) is 41.1 Å². The summed E-state index contributed by atoms with van der Waals surface area (Å²) in [7, 11) is 0. The van der Waals surface area contributed by atoms with Gasteiger partial charge in [-0.25, -0.2) is 15.0 Å². The lowest BCUT2D eigenvalue weighted by Crippen LogP contribution is -2.45. The summed E-state index contributed by atoms with van der Waals surface area (Å²) in [5.41, 5.74) is 10.8. The van der Waals surface area contributed by atoms with E-state index in [-0.39, 0.29) is 18.1 Å². The van der Waals surface area contributed by atoms with Gasteiger partial charge in [0.25, 0.3) is 0 Å². The normalized spacial score (nSPS) is 20.0. The minimum atomic E-state index is -0.155. The summed E-state index contributed by atoms with van der Waals surface area (Å²) in [6.45, 7) is 3.36. The molecular weight excluding hydrogens is 390 g/mol. The molecule has 0 bridgehead atoms. The zero-order valence-electron chi connectivity index (χ0n) is 17.7. The fourth-order valence-corrected chi connectivity index (χ4v) is 4.98. The Bertz CT molecular complexity index is 1110. The van der Waals surface area contributed by atoms with Gasteiger partial charge in [0, 0.05) is 26.1 Å². The van der Waals surface area contributed by atoms with E-state index in [1.165, 1.54) is 11.1 Å². The molecule has 1 spiro atoms. The SMILES string of the molecule is Cc1ncc(/C=C\c2cnc(N3CCC4(CC3)Cc3ccccc3[C@H]4N)c(CO)n2)o1. The Hall–Kier alpha value is -3.03. The van der Waals surface area contributed by atoms with E-state index in [1.807, 2.05) is 6.08 Å². The zero-order valence-corrected chi connectivity index (χ0v) is 17.7. The maximum Gasteiger partial charge on any atom is 0.191 e. The van der Waals surface area contributed by atoms with Crippen LogP contribution in [0, 0.1) is 12.3 Å². The maximum absolute atomic E-state index is 9.93. The average molecular weight is 418 g/mol. The van der Waals surface area contributed by atoms with Gasteiger partial charge in [-0.1, -0.05) is 24.3 Å². The second kappa shape index (κ2) is 7.90. The Balaban J connectivity index is 1.31. The van der Waals surface area contributed by atoms with E-state index in [9.17, 15) is 5.11 Å². The predicted molar refractivity (Wildman–Crippen MR) is 119 cm³/mol. The van der Waals surface area contributed by atoms with Crippen LogP contribution < -0.4 is 10.6 Å². The van der Waals surface area contributed by atoms with Crippen molar-refractivity contribution in [3.05, 3.63) is 70.8 Å². The van der Waals surface area contributed by atoms with Crippen LogP contribution in [0.1, 0.15) is 53.0 Å². The quantitative estimate of drug-likeness (QED) is 0.672. The Morgan fingerprint density at radius 2 is 2.00 bits per heavy atom. The van der Waals surface area contributed by atoms with Crippen LogP contribution >= 0.6 is 0 Å². The lowest BCUT2D eigenvalue weighted by Gasteiger charge is -2.42. The first-order valence-electron chi connectivity index (χ1n) is 10.7. The molecule has 7 heteroatoms. The Morgan fingerprint density at radius 3 is 2.71 bits per heavy atom. The highest BCUT2D eigenvalue weighted by molar-refractivity contribution is 5.65. The third kappa shape index (κ3) is 3.64. The number of nitrogens with zero attached hydrogens (tertiary/aromatic N) is 4. The van der Waals surface area contributed by atoms with Crippen LogP contribution in [0.25, 0.3) is 12.2 Å². The molecule has 31 heavy (non-hydrogen) atoms. The molecule has 0 unspecified atom stereocenters. The summed E-state index contributed by atoms with van der Waals surface area (Å²) in [6, 6.07) is 8.64. The Morgan fingerprint density at radius 1 is 1.19 bits per heavy atom. The molecule has 2 aliphatic rings. The predicted octanol–water partition coefficient (Wildman–Crippen LogP) is 3.28. The van der Waals surface area contributed by atoms with Crippen LogP contribution in [-0.2, 0) is 13.0 Å². The second-order valence-electron chi connectivity index (χ2n) is 8.54. The van der Waals surface area contributed by atoms with Gasteiger partial charge < -0.3 is 20.2 Å². The summed E-state index contributed by atoms with van der Waals surface area (Å²) in [5.74, 6) is 2.03. The molecule has 1 aromatic carbocycles. The number of aryl methyl sites for hydroxylation is 1. The molecule has 1 fully saturated rings. The number of rotatable bonds is 4. The molecule has 0 saturated carbocycles. The van der Waals surface area contributed by atoms with Crippen molar-refractivity contribution in [1.29, 1.82) is 0 Å². The molecule has 160 valence electrons. The fourth-order valence-electron chi connectivity index (χ4n) is 4.98. The van der Waals surface area contributed by atoms with E-state index >= 15 is 0 Å². The molecule has 5 rings (SSSR count). The Labute approximate surface area is 181 Å². The van der Waals surface area contributed by atoms with Crippen molar-refractivity contribution in [2.75, 3.05) is 18.0 Å². The van der Waals surface area contributed by atoms with Crippen molar-refractivity contribution < 1.29 is 9.52 Å². The topological polar surface area (TPSA) is 101 Å². The first-order chi connectivity index (χ1) is 15.1. The van der Waals surface area contributed by atoms with Gasteiger partial charge in [-0.05, 0) is 48.0 Å². The van der Waals surface area contributed by atoms with Crippen LogP contribution in [-0.4, -0.2) is 33.1 Å². The van der Waals surface area contributed by atoms with Gasteiger partial charge in [0.2, 0.25) is 0 Å². The van der Waals surface area contributed by atoms with Crippen molar-refractivity contribution in [3.63, 3.8) is 0 Å². The molecule has 0 radical (unpaired) electrons. The molecule has 7 nitrogen and oxygen atoms in total. The van der Waals surface area contributed by atoms with E-state index in [0.717, 1.165) is 38.2 Å². The molecule has 1 aliphatic carbocycles. The van der Waals surface area contributed by atoms with Gasteiger partial charge >= 0.3 is 0 Å². The highest BCUT2D eigenvalue weighted by Crippen LogP contribution is 2.50. The minimum absolute atomic E-state index is 0.0847. The second-order valence-corrected chi connectivity index (χ2v) is 8.54. The van der Waals surface area contributed by atoms with Gasteiger partial charge in [0.05, 0.1) is 24.7 Å². The fraction of sp³-hybridized carbons (Fsp3) is 0.375. The number of benzene rings is 1. The third-order valence-electron chi connectivity index (χ3n) is 6.70. The van der Waals surface area contributed by atoms with Crippen molar-refractivity contribution in [3.8, 4) is 0 Å². The van der Waals surface area contributed by atoms with E-state index < -0.39 is 0 Å². The summed E-state index contributed by atoms with van der Waals surface area (Å²) in [5, 5.41) is 9.93. The Kier molecular flexibility index (Phi) is 5.08. The number of aliphatic hydroxyl groups excluding tert-OH is 1. The van der Waals surface area contributed by atoms with E-state index in [1.54, 1.807) is 25.4 Å².